The normalized spacial score (nSPS) is 9.69. The van der Waals surface area contributed by atoms with Crippen molar-refractivity contribution in [3.8, 4) is 0 Å². The van der Waals surface area contributed by atoms with Gasteiger partial charge in [0.05, 0.1) is 0 Å². The molecule has 0 bridgehead atoms. The molecule has 0 unspecified atom stereocenters. The Balaban J connectivity index is 0. The first kappa shape index (κ1) is 15.4. The SMILES string of the molecule is CC.CCOCCCN(CC)CC. The molecular weight excluding hydrogens is 162 g/mol. The Labute approximate surface area is 84.3 Å². The molecule has 0 amide bonds. The lowest BCUT2D eigenvalue weighted by Crippen LogP contribution is -2.24. The van der Waals surface area contributed by atoms with Crippen molar-refractivity contribution in [2.45, 2.75) is 41.0 Å². The van der Waals surface area contributed by atoms with Gasteiger partial charge in [0, 0.05) is 19.8 Å². The molecule has 0 rings (SSSR count). The largest absolute Gasteiger partial charge is 0.382 e. The predicted octanol–water partition coefficient (Wildman–Crippen LogP) is 2.78. The lowest BCUT2D eigenvalue weighted by atomic mass is 10.4. The average Bonchev–Trinajstić information content (AvgIpc) is 2.21. The molecule has 0 saturated carbocycles. The van der Waals surface area contributed by atoms with E-state index >= 15 is 0 Å². The van der Waals surface area contributed by atoms with Gasteiger partial charge in [-0.15, -0.1) is 0 Å². The summed E-state index contributed by atoms with van der Waals surface area (Å²) in [6, 6.07) is 0. The zero-order valence-corrected chi connectivity index (χ0v) is 10.1. The zero-order chi connectivity index (χ0) is 10.5. The van der Waals surface area contributed by atoms with Crippen LogP contribution in [0.3, 0.4) is 0 Å². The molecule has 13 heavy (non-hydrogen) atoms. The highest BCUT2D eigenvalue weighted by Gasteiger charge is 1.96. The Morgan fingerprint density at radius 2 is 1.54 bits per heavy atom. The van der Waals surface area contributed by atoms with Crippen LogP contribution < -0.4 is 0 Å². The minimum Gasteiger partial charge on any atom is -0.382 e. The molecule has 2 nitrogen and oxygen atoms in total. The summed E-state index contributed by atoms with van der Waals surface area (Å²) in [5.74, 6) is 0. The summed E-state index contributed by atoms with van der Waals surface area (Å²) in [4.78, 5) is 2.42. The van der Waals surface area contributed by atoms with Gasteiger partial charge in [-0.3, -0.25) is 0 Å². The third kappa shape index (κ3) is 11.9. The molecule has 0 saturated heterocycles. The molecule has 0 aromatic heterocycles. The Kier molecular flexibility index (Phi) is 17.1. The minimum absolute atomic E-state index is 0.845. The smallest absolute Gasteiger partial charge is 0.0478 e. The molecule has 82 valence electrons. The standard InChI is InChI=1S/C9H21NO.C2H6/c1-4-10(5-2)8-7-9-11-6-3;1-2/h4-9H2,1-3H3;1-2H3. The van der Waals surface area contributed by atoms with E-state index in [2.05, 4.69) is 18.7 Å². The molecule has 0 aliphatic rings. The zero-order valence-electron chi connectivity index (χ0n) is 10.1. The van der Waals surface area contributed by atoms with Crippen LogP contribution in [-0.4, -0.2) is 37.7 Å². The maximum atomic E-state index is 5.25. The van der Waals surface area contributed by atoms with E-state index in [1.54, 1.807) is 0 Å². The van der Waals surface area contributed by atoms with Gasteiger partial charge in [0.1, 0.15) is 0 Å². The molecule has 0 aliphatic carbocycles. The molecule has 0 atom stereocenters. The lowest BCUT2D eigenvalue weighted by Gasteiger charge is -2.17. The van der Waals surface area contributed by atoms with Crippen molar-refractivity contribution < 1.29 is 4.74 Å². The van der Waals surface area contributed by atoms with Crippen molar-refractivity contribution in [3.05, 3.63) is 0 Å². The molecular formula is C11H27NO. The van der Waals surface area contributed by atoms with E-state index in [0.717, 1.165) is 32.7 Å². The fourth-order valence-electron chi connectivity index (χ4n) is 1.07. The van der Waals surface area contributed by atoms with Crippen LogP contribution >= 0.6 is 0 Å². The summed E-state index contributed by atoms with van der Waals surface area (Å²) in [6.45, 7) is 15.7. The Hall–Kier alpha value is -0.0800. The van der Waals surface area contributed by atoms with Crippen molar-refractivity contribution in [2.24, 2.45) is 0 Å². The number of hydrogen-bond donors (Lipinski definition) is 0. The van der Waals surface area contributed by atoms with Crippen molar-refractivity contribution in [2.75, 3.05) is 32.8 Å². The summed E-state index contributed by atoms with van der Waals surface area (Å²) in [5, 5.41) is 0. The number of rotatable bonds is 7. The monoisotopic (exact) mass is 189 g/mol. The number of ether oxygens (including phenoxy) is 1. The molecule has 0 N–H and O–H groups in total. The second-order valence-electron chi connectivity index (χ2n) is 2.58. The van der Waals surface area contributed by atoms with Gasteiger partial charge in [-0.1, -0.05) is 27.7 Å². The average molecular weight is 189 g/mol. The van der Waals surface area contributed by atoms with Crippen molar-refractivity contribution in [1.29, 1.82) is 0 Å². The third-order valence-electron chi connectivity index (χ3n) is 1.86. The molecule has 0 spiro atoms. The van der Waals surface area contributed by atoms with Gasteiger partial charge in [0.25, 0.3) is 0 Å². The molecule has 0 aliphatic heterocycles. The molecule has 0 aromatic rings. The Morgan fingerprint density at radius 1 is 1.00 bits per heavy atom. The second-order valence-corrected chi connectivity index (χ2v) is 2.58. The maximum Gasteiger partial charge on any atom is 0.0478 e. The molecule has 0 radical (unpaired) electrons. The third-order valence-corrected chi connectivity index (χ3v) is 1.86. The van der Waals surface area contributed by atoms with Crippen LogP contribution in [0.25, 0.3) is 0 Å². The van der Waals surface area contributed by atoms with E-state index in [-0.39, 0.29) is 0 Å². The van der Waals surface area contributed by atoms with Gasteiger partial charge < -0.3 is 9.64 Å². The fourth-order valence-corrected chi connectivity index (χ4v) is 1.07. The quantitative estimate of drug-likeness (QED) is 0.571. The number of hydrogen-bond acceptors (Lipinski definition) is 2. The topological polar surface area (TPSA) is 12.5 Å². The maximum absolute atomic E-state index is 5.25. The van der Waals surface area contributed by atoms with E-state index in [1.807, 2.05) is 20.8 Å². The van der Waals surface area contributed by atoms with Crippen LogP contribution in [-0.2, 0) is 4.74 Å². The first-order valence-electron chi connectivity index (χ1n) is 5.65. The minimum atomic E-state index is 0.845. The highest BCUT2D eigenvalue weighted by molar-refractivity contribution is 4.50. The number of nitrogens with zero attached hydrogens (tertiary/aromatic N) is 1. The van der Waals surface area contributed by atoms with E-state index in [1.165, 1.54) is 6.54 Å². The summed E-state index contributed by atoms with van der Waals surface area (Å²) < 4.78 is 5.25. The van der Waals surface area contributed by atoms with Gasteiger partial charge in [-0.2, -0.15) is 0 Å². The summed E-state index contributed by atoms with van der Waals surface area (Å²) in [6.07, 6.45) is 1.16. The summed E-state index contributed by atoms with van der Waals surface area (Å²) in [7, 11) is 0. The first-order valence-corrected chi connectivity index (χ1v) is 5.65. The summed E-state index contributed by atoms with van der Waals surface area (Å²) in [5.41, 5.74) is 0. The Bertz CT molecular complexity index is 72.5. The predicted molar refractivity (Wildman–Crippen MR) is 60.2 cm³/mol. The van der Waals surface area contributed by atoms with Crippen LogP contribution in [0, 0.1) is 0 Å². The van der Waals surface area contributed by atoms with Crippen molar-refractivity contribution in [3.63, 3.8) is 0 Å². The second kappa shape index (κ2) is 14.4. The van der Waals surface area contributed by atoms with Gasteiger partial charge >= 0.3 is 0 Å². The lowest BCUT2D eigenvalue weighted by molar-refractivity contribution is 0.133. The van der Waals surface area contributed by atoms with E-state index in [9.17, 15) is 0 Å². The highest BCUT2D eigenvalue weighted by Crippen LogP contribution is 1.90. The fraction of sp³-hybridized carbons (Fsp3) is 1.00. The molecule has 0 heterocycles. The van der Waals surface area contributed by atoms with Gasteiger partial charge in [0.2, 0.25) is 0 Å². The van der Waals surface area contributed by atoms with Gasteiger partial charge in [0.15, 0.2) is 0 Å². The van der Waals surface area contributed by atoms with Crippen LogP contribution in [0.4, 0.5) is 0 Å². The van der Waals surface area contributed by atoms with Crippen LogP contribution in [0.5, 0.6) is 0 Å². The van der Waals surface area contributed by atoms with Crippen molar-refractivity contribution >= 4 is 0 Å². The van der Waals surface area contributed by atoms with Gasteiger partial charge in [-0.05, 0) is 26.4 Å². The molecule has 2 heteroatoms. The van der Waals surface area contributed by atoms with Crippen molar-refractivity contribution in [1.82, 2.24) is 4.90 Å². The van der Waals surface area contributed by atoms with E-state index < -0.39 is 0 Å². The van der Waals surface area contributed by atoms with Gasteiger partial charge in [-0.25, -0.2) is 0 Å². The first-order chi connectivity index (χ1) is 6.35. The van der Waals surface area contributed by atoms with Crippen LogP contribution in [0.1, 0.15) is 41.0 Å². The molecule has 0 aromatic carbocycles. The summed E-state index contributed by atoms with van der Waals surface area (Å²) >= 11 is 0. The van der Waals surface area contributed by atoms with E-state index in [0.29, 0.717) is 0 Å². The van der Waals surface area contributed by atoms with E-state index in [4.69, 9.17) is 4.74 Å². The Morgan fingerprint density at radius 3 is 1.92 bits per heavy atom. The molecule has 0 fully saturated rings. The van der Waals surface area contributed by atoms with Crippen LogP contribution in [0.2, 0.25) is 0 Å². The van der Waals surface area contributed by atoms with Crippen LogP contribution in [0.15, 0.2) is 0 Å². The highest BCUT2D eigenvalue weighted by atomic mass is 16.5.